The van der Waals surface area contributed by atoms with Gasteiger partial charge in [-0.15, -0.1) is 0 Å². The van der Waals surface area contributed by atoms with Gasteiger partial charge in [-0.1, -0.05) is 13.3 Å². The number of urea groups is 1. The number of nitrogens with zero attached hydrogens (tertiary/aromatic N) is 2. The molecule has 0 saturated carbocycles. The van der Waals surface area contributed by atoms with E-state index in [2.05, 4.69) is 15.7 Å². The Morgan fingerprint density at radius 1 is 1.29 bits per heavy atom. The smallest absolute Gasteiger partial charge is 0.315 e. The molecule has 1 heterocycles. The molecule has 0 spiro atoms. The molecule has 0 aliphatic carbocycles. The molecule has 21 heavy (non-hydrogen) atoms. The van der Waals surface area contributed by atoms with Gasteiger partial charge in [0.2, 0.25) is 0 Å². The van der Waals surface area contributed by atoms with E-state index in [-0.39, 0.29) is 12.5 Å². The van der Waals surface area contributed by atoms with Crippen LogP contribution < -0.4 is 10.6 Å². The Hall–Kier alpha value is -2.05. The number of rotatable bonds is 9. The Bertz CT molecular complexity index is 471. The highest BCUT2D eigenvalue weighted by molar-refractivity contribution is 5.73. The van der Waals surface area contributed by atoms with E-state index in [9.17, 15) is 9.59 Å². The fourth-order valence-electron chi connectivity index (χ4n) is 2.05. The van der Waals surface area contributed by atoms with Crippen molar-refractivity contribution < 1.29 is 14.7 Å². The maximum absolute atomic E-state index is 11.6. The standard InChI is InChI=1S/C14H24N4O3/c1-3-12-11(10-18(2)17-12)9-16-14(21)15-8-6-4-5-7-13(19)20/h10H,3-9H2,1-2H3,(H,19,20)(H2,15,16,21). The molecule has 7 nitrogen and oxygen atoms in total. The molecule has 1 rings (SSSR count). The minimum Gasteiger partial charge on any atom is -0.481 e. The zero-order valence-corrected chi connectivity index (χ0v) is 12.7. The SMILES string of the molecule is CCc1nn(C)cc1CNC(=O)NCCCCCC(=O)O. The molecule has 0 aromatic carbocycles. The van der Waals surface area contributed by atoms with Gasteiger partial charge in [0, 0.05) is 38.3 Å². The maximum Gasteiger partial charge on any atom is 0.315 e. The number of aromatic nitrogens is 2. The first kappa shape index (κ1) is 17.0. The Balaban J connectivity index is 2.15. The van der Waals surface area contributed by atoms with Crippen molar-refractivity contribution in [1.82, 2.24) is 20.4 Å². The number of carboxylic acid groups (broad SMARTS) is 1. The lowest BCUT2D eigenvalue weighted by Crippen LogP contribution is -2.35. The third-order valence-electron chi connectivity index (χ3n) is 3.12. The molecule has 0 aliphatic rings. The number of nitrogens with one attached hydrogen (secondary N) is 2. The number of carboxylic acids is 1. The summed E-state index contributed by atoms with van der Waals surface area (Å²) >= 11 is 0. The highest BCUT2D eigenvalue weighted by Crippen LogP contribution is 2.06. The zero-order valence-electron chi connectivity index (χ0n) is 12.7. The van der Waals surface area contributed by atoms with E-state index >= 15 is 0 Å². The number of unbranched alkanes of at least 4 members (excludes halogenated alkanes) is 2. The highest BCUT2D eigenvalue weighted by Gasteiger charge is 2.07. The minimum absolute atomic E-state index is 0.187. The van der Waals surface area contributed by atoms with Crippen LogP contribution in [0.15, 0.2) is 6.20 Å². The summed E-state index contributed by atoms with van der Waals surface area (Å²) in [6, 6.07) is -0.209. The molecular weight excluding hydrogens is 272 g/mol. The first-order valence-corrected chi connectivity index (χ1v) is 7.27. The largest absolute Gasteiger partial charge is 0.481 e. The van der Waals surface area contributed by atoms with Gasteiger partial charge in [0.05, 0.1) is 5.69 Å². The number of aliphatic carboxylic acids is 1. The topological polar surface area (TPSA) is 96.3 Å². The van der Waals surface area contributed by atoms with Gasteiger partial charge in [-0.3, -0.25) is 9.48 Å². The van der Waals surface area contributed by atoms with Crippen molar-refractivity contribution in [3.8, 4) is 0 Å². The van der Waals surface area contributed by atoms with E-state index in [0.717, 1.165) is 30.5 Å². The molecule has 0 saturated heterocycles. The van der Waals surface area contributed by atoms with Gasteiger partial charge in [0.15, 0.2) is 0 Å². The minimum atomic E-state index is -0.774. The molecule has 0 bridgehead atoms. The molecule has 0 radical (unpaired) electrons. The van der Waals surface area contributed by atoms with Crippen LogP contribution in [0.3, 0.4) is 0 Å². The van der Waals surface area contributed by atoms with E-state index in [0.29, 0.717) is 19.5 Å². The number of aryl methyl sites for hydroxylation is 2. The van der Waals surface area contributed by atoms with Crippen LogP contribution in [0.1, 0.15) is 43.9 Å². The van der Waals surface area contributed by atoms with E-state index in [1.54, 1.807) is 4.68 Å². The van der Waals surface area contributed by atoms with Crippen molar-refractivity contribution >= 4 is 12.0 Å². The van der Waals surface area contributed by atoms with Gasteiger partial charge in [-0.25, -0.2) is 4.79 Å². The van der Waals surface area contributed by atoms with Gasteiger partial charge < -0.3 is 15.7 Å². The van der Waals surface area contributed by atoms with Crippen LogP contribution in [0.5, 0.6) is 0 Å². The summed E-state index contributed by atoms with van der Waals surface area (Å²) in [5.74, 6) is -0.774. The maximum atomic E-state index is 11.6. The van der Waals surface area contributed by atoms with Crippen molar-refractivity contribution in [2.75, 3.05) is 6.54 Å². The first-order chi connectivity index (χ1) is 10.0. The van der Waals surface area contributed by atoms with Gasteiger partial charge in [0.25, 0.3) is 0 Å². The van der Waals surface area contributed by atoms with Crippen molar-refractivity contribution in [3.63, 3.8) is 0 Å². The second-order valence-electron chi connectivity index (χ2n) is 4.94. The number of hydrogen-bond acceptors (Lipinski definition) is 3. The summed E-state index contributed by atoms with van der Waals surface area (Å²) in [7, 11) is 1.86. The van der Waals surface area contributed by atoms with E-state index in [4.69, 9.17) is 5.11 Å². The van der Waals surface area contributed by atoms with Crippen LogP contribution in [0, 0.1) is 0 Å². The summed E-state index contributed by atoms with van der Waals surface area (Å²) in [5.41, 5.74) is 2.02. The second-order valence-corrected chi connectivity index (χ2v) is 4.94. The van der Waals surface area contributed by atoms with Crippen LogP contribution in [0.2, 0.25) is 0 Å². The Morgan fingerprint density at radius 2 is 2.05 bits per heavy atom. The van der Waals surface area contributed by atoms with Crippen LogP contribution in [-0.2, 0) is 24.8 Å². The normalized spacial score (nSPS) is 10.4. The predicted molar refractivity (Wildman–Crippen MR) is 78.9 cm³/mol. The summed E-state index contributed by atoms with van der Waals surface area (Å²) in [5, 5.41) is 18.4. The van der Waals surface area contributed by atoms with Crippen molar-refractivity contribution in [2.24, 2.45) is 7.05 Å². The predicted octanol–water partition coefficient (Wildman–Crippen LogP) is 1.43. The number of carbonyl (C=O) groups is 2. The summed E-state index contributed by atoms with van der Waals surface area (Å²) in [6.07, 6.45) is 5.16. The van der Waals surface area contributed by atoms with Crippen LogP contribution in [0.25, 0.3) is 0 Å². The molecule has 0 atom stereocenters. The Morgan fingerprint density at radius 3 is 2.71 bits per heavy atom. The molecule has 0 unspecified atom stereocenters. The molecule has 118 valence electrons. The number of amides is 2. The van der Waals surface area contributed by atoms with Gasteiger partial charge in [0.1, 0.15) is 0 Å². The van der Waals surface area contributed by atoms with Crippen LogP contribution in [0.4, 0.5) is 4.79 Å². The average molecular weight is 296 g/mol. The van der Waals surface area contributed by atoms with Gasteiger partial charge >= 0.3 is 12.0 Å². The van der Waals surface area contributed by atoms with E-state index < -0.39 is 5.97 Å². The molecule has 0 aliphatic heterocycles. The summed E-state index contributed by atoms with van der Waals surface area (Å²) in [4.78, 5) is 21.9. The molecule has 1 aromatic heterocycles. The molecular formula is C14H24N4O3. The zero-order chi connectivity index (χ0) is 15.7. The van der Waals surface area contributed by atoms with E-state index in [1.807, 2.05) is 20.2 Å². The molecule has 1 aromatic rings. The highest BCUT2D eigenvalue weighted by atomic mass is 16.4. The Kier molecular flexibility index (Phi) is 7.28. The van der Waals surface area contributed by atoms with Crippen LogP contribution >= 0.6 is 0 Å². The van der Waals surface area contributed by atoms with Crippen molar-refractivity contribution in [1.29, 1.82) is 0 Å². The lowest BCUT2D eigenvalue weighted by molar-refractivity contribution is -0.137. The number of hydrogen-bond donors (Lipinski definition) is 3. The van der Waals surface area contributed by atoms with Gasteiger partial charge in [-0.2, -0.15) is 5.10 Å². The molecule has 7 heteroatoms. The van der Waals surface area contributed by atoms with Crippen LogP contribution in [-0.4, -0.2) is 33.4 Å². The first-order valence-electron chi connectivity index (χ1n) is 7.27. The Labute approximate surface area is 124 Å². The van der Waals surface area contributed by atoms with Crippen molar-refractivity contribution in [2.45, 2.75) is 45.6 Å². The van der Waals surface area contributed by atoms with E-state index in [1.165, 1.54) is 0 Å². The fourth-order valence-corrected chi connectivity index (χ4v) is 2.05. The molecule has 3 N–H and O–H groups in total. The fraction of sp³-hybridized carbons (Fsp3) is 0.643. The third kappa shape index (κ3) is 6.78. The lowest BCUT2D eigenvalue weighted by Gasteiger charge is -2.07. The summed E-state index contributed by atoms with van der Waals surface area (Å²) in [6.45, 7) is 3.05. The van der Waals surface area contributed by atoms with Gasteiger partial charge in [-0.05, 0) is 19.3 Å². The number of carbonyl (C=O) groups excluding carboxylic acids is 1. The quantitative estimate of drug-likeness (QED) is 0.601. The molecule has 0 fully saturated rings. The van der Waals surface area contributed by atoms with Crippen molar-refractivity contribution in [3.05, 3.63) is 17.5 Å². The summed E-state index contributed by atoms with van der Waals surface area (Å²) < 4.78 is 1.75. The third-order valence-corrected chi connectivity index (χ3v) is 3.12. The monoisotopic (exact) mass is 296 g/mol. The second kappa shape index (κ2) is 8.99. The average Bonchev–Trinajstić information content (AvgIpc) is 2.80. The molecule has 2 amide bonds. The lowest BCUT2D eigenvalue weighted by atomic mass is 10.2.